The lowest BCUT2D eigenvalue weighted by atomic mass is 10.3. The van der Waals surface area contributed by atoms with Crippen LogP contribution in [0.25, 0.3) is 0 Å². The maximum Gasteiger partial charge on any atom is 0.225 e. The molecule has 5 nitrogen and oxygen atoms in total. The molecule has 0 aromatic heterocycles. The molecule has 26 heavy (non-hydrogen) atoms. The number of carbonyl (C=O) groups is 1. The lowest BCUT2D eigenvalue weighted by Crippen LogP contribution is -2.18. The van der Waals surface area contributed by atoms with Gasteiger partial charge < -0.3 is 10.1 Å². The molecule has 8 heteroatoms. The Morgan fingerprint density at radius 1 is 1.12 bits per heavy atom. The number of rotatable bonds is 7. The van der Waals surface area contributed by atoms with E-state index < -0.39 is 33.1 Å². The molecule has 1 amide bonds. The average Bonchev–Trinajstić information content (AvgIpc) is 2.56. The summed E-state index contributed by atoms with van der Waals surface area (Å²) in [5.41, 5.74) is -0.205. The number of anilines is 1. The third kappa shape index (κ3) is 5.52. The second-order valence-corrected chi connectivity index (χ2v) is 7.99. The quantitative estimate of drug-likeness (QED) is 0.794. The molecular formula is C18H19F2NO4S. The van der Waals surface area contributed by atoms with Gasteiger partial charge in [0.2, 0.25) is 5.91 Å². The topological polar surface area (TPSA) is 72.5 Å². The monoisotopic (exact) mass is 383 g/mol. The van der Waals surface area contributed by atoms with Crippen LogP contribution in [0.15, 0.2) is 47.4 Å². The molecule has 0 aliphatic rings. The van der Waals surface area contributed by atoms with Gasteiger partial charge in [0.15, 0.2) is 9.84 Å². The fourth-order valence-electron chi connectivity index (χ4n) is 2.15. The SMILES string of the molecule is CC(C)Oc1ccc(S(=O)(=O)CCC(=O)Nc2ccc(F)cc2F)cc1. The van der Waals surface area contributed by atoms with Gasteiger partial charge in [-0.05, 0) is 50.2 Å². The van der Waals surface area contributed by atoms with Crippen LogP contribution in [0.5, 0.6) is 5.75 Å². The first kappa shape index (κ1) is 19.8. The zero-order valence-corrected chi connectivity index (χ0v) is 15.1. The molecular weight excluding hydrogens is 364 g/mol. The Kier molecular flexibility index (Phi) is 6.31. The van der Waals surface area contributed by atoms with Crippen molar-refractivity contribution >= 4 is 21.4 Å². The van der Waals surface area contributed by atoms with Gasteiger partial charge in [-0.25, -0.2) is 17.2 Å². The molecule has 2 rings (SSSR count). The highest BCUT2D eigenvalue weighted by Gasteiger charge is 2.17. The van der Waals surface area contributed by atoms with E-state index in [0.29, 0.717) is 11.8 Å². The van der Waals surface area contributed by atoms with Crippen molar-refractivity contribution in [3.8, 4) is 5.75 Å². The van der Waals surface area contributed by atoms with E-state index in [2.05, 4.69) is 5.32 Å². The summed E-state index contributed by atoms with van der Waals surface area (Å²) in [6.45, 7) is 3.71. The van der Waals surface area contributed by atoms with Gasteiger partial charge in [0.05, 0.1) is 22.4 Å². The first-order valence-corrected chi connectivity index (χ1v) is 9.57. The Morgan fingerprint density at radius 2 is 1.77 bits per heavy atom. The standard InChI is InChI=1S/C18H19F2NO4S/c1-12(2)25-14-4-6-15(7-5-14)26(23,24)10-9-18(22)21-17-8-3-13(19)11-16(17)20/h3-8,11-12H,9-10H2,1-2H3,(H,21,22). The first-order chi connectivity index (χ1) is 12.2. The number of amides is 1. The van der Waals surface area contributed by atoms with E-state index in [4.69, 9.17) is 4.74 Å². The van der Waals surface area contributed by atoms with Gasteiger partial charge in [-0.1, -0.05) is 0 Å². The molecule has 0 heterocycles. The minimum absolute atomic E-state index is 0.0342. The molecule has 140 valence electrons. The molecule has 0 atom stereocenters. The number of benzene rings is 2. The molecule has 0 radical (unpaired) electrons. The minimum atomic E-state index is -3.68. The van der Waals surface area contributed by atoms with Crippen LogP contribution in [0.1, 0.15) is 20.3 Å². The lowest BCUT2D eigenvalue weighted by molar-refractivity contribution is -0.115. The fraction of sp³-hybridized carbons (Fsp3) is 0.278. The van der Waals surface area contributed by atoms with Crippen LogP contribution in [0, 0.1) is 11.6 Å². The number of hydrogen-bond acceptors (Lipinski definition) is 4. The highest BCUT2D eigenvalue weighted by Crippen LogP contribution is 2.19. The van der Waals surface area contributed by atoms with Crippen molar-refractivity contribution in [3.63, 3.8) is 0 Å². The van der Waals surface area contributed by atoms with Gasteiger partial charge in [0.25, 0.3) is 0 Å². The largest absolute Gasteiger partial charge is 0.491 e. The Morgan fingerprint density at radius 3 is 2.35 bits per heavy atom. The number of hydrogen-bond donors (Lipinski definition) is 1. The molecule has 0 unspecified atom stereocenters. The van der Waals surface area contributed by atoms with E-state index >= 15 is 0 Å². The third-order valence-electron chi connectivity index (χ3n) is 3.36. The van der Waals surface area contributed by atoms with Crippen molar-refractivity contribution in [2.24, 2.45) is 0 Å². The Bertz CT molecular complexity index is 881. The minimum Gasteiger partial charge on any atom is -0.491 e. The van der Waals surface area contributed by atoms with Crippen molar-refractivity contribution < 1.29 is 26.7 Å². The van der Waals surface area contributed by atoms with E-state index in [1.807, 2.05) is 13.8 Å². The van der Waals surface area contributed by atoms with Crippen LogP contribution < -0.4 is 10.1 Å². The van der Waals surface area contributed by atoms with Crippen molar-refractivity contribution in [2.75, 3.05) is 11.1 Å². The highest BCUT2D eigenvalue weighted by molar-refractivity contribution is 7.91. The number of ether oxygens (including phenoxy) is 1. The smallest absolute Gasteiger partial charge is 0.225 e. The van der Waals surface area contributed by atoms with E-state index in [1.54, 1.807) is 12.1 Å². The lowest BCUT2D eigenvalue weighted by Gasteiger charge is -2.10. The molecule has 2 aromatic carbocycles. The molecule has 0 fully saturated rings. The molecule has 0 saturated carbocycles. The van der Waals surface area contributed by atoms with Crippen LogP contribution in [0.2, 0.25) is 0 Å². The molecule has 0 saturated heterocycles. The fourth-order valence-corrected chi connectivity index (χ4v) is 3.39. The Hall–Kier alpha value is -2.48. The van der Waals surface area contributed by atoms with Crippen molar-refractivity contribution in [3.05, 3.63) is 54.1 Å². The van der Waals surface area contributed by atoms with Crippen molar-refractivity contribution in [1.29, 1.82) is 0 Å². The maximum absolute atomic E-state index is 13.5. The van der Waals surface area contributed by atoms with Crippen LogP contribution in [0.4, 0.5) is 14.5 Å². The Labute approximate surface area is 150 Å². The van der Waals surface area contributed by atoms with Gasteiger partial charge in [0, 0.05) is 12.5 Å². The summed E-state index contributed by atoms with van der Waals surface area (Å²) in [7, 11) is -3.68. The molecule has 0 bridgehead atoms. The molecule has 1 N–H and O–H groups in total. The van der Waals surface area contributed by atoms with Gasteiger partial charge in [-0.2, -0.15) is 0 Å². The van der Waals surface area contributed by atoms with Gasteiger partial charge >= 0.3 is 0 Å². The van der Waals surface area contributed by atoms with Gasteiger partial charge in [-0.15, -0.1) is 0 Å². The summed E-state index contributed by atoms with van der Waals surface area (Å²) in [6.07, 6.45) is -0.392. The zero-order valence-electron chi connectivity index (χ0n) is 14.3. The highest BCUT2D eigenvalue weighted by atomic mass is 32.2. The normalized spacial score (nSPS) is 11.4. The van der Waals surface area contributed by atoms with Crippen molar-refractivity contribution in [2.45, 2.75) is 31.3 Å². The summed E-state index contributed by atoms with van der Waals surface area (Å²) in [6, 6.07) is 8.60. The van der Waals surface area contributed by atoms with E-state index in [0.717, 1.165) is 12.1 Å². The Balaban J connectivity index is 1.97. The van der Waals surface area contributed by atoms with Crippen LogP contribution in [-0.4, -0.2) is 26.2 Å². The number of carbonyl (C=O) groups excluding carboxylic acids is 1. The summed E-state index contributed by atoms with van der Waals surface area (Å²) < 4.78 is 56.4. The second kappa shape index (κ2) is 8.27. The third-order valence-corrected chi connectivity index (χ3v) is 5.09. The van der Waals surface area contributed by atoms with Crippen LogP contribution in [-0.2, 0) is 14.6 Å². The summed E-state index contributed by atoms with van der Waals surface area (Å²) in [5.74, 6) is -2.27. The summed E-state index contributed by atoms with van der Waals surface area (Å²) in [4.78, 5) is 11.9. The summed E-state index contributed by atoms with van der Waals surface area (Å²) >= 11 is 0. The van der Waals surface area contributed by atoms with E-state index in [-0.39, 0.29) is 23.1 Å². The predicted octanol–water partition coefficient (Wildman–Crippen LogP) is 3.55. The molecule has 0 aliphatic carbocycles. The summed E-state index contributed by atoms with van der Waals surface area (Å²) in [5, 5.41) is 2.23. The predicted molar refractivity (Wildman–Crippen MR) is 93.9 cm³/mol. The van der Waals surface area contributed by atoms with E-state index in [1.165, 1.54) is 12.1 Å². The maximum atomic E-state index is 13.5. The number of sulfone groups is 1. The second-order valence-electron chi connectivity index (χ2n) is 5.88. The van der Waals surface area contributed by atoms with E-state index in [9.17, 15) is 22.0 Å². The number of halogens is 2. The van der Waals surface area contributed by atoms with Gasteiger partial charge in [-0.3, -0.25) is 4.79 Å². The first-order valence-electron chi connectivity index (χ1n) is 7.92. The van der Waals surface area contributed by atoms with Gasteiger partial charge in [0.1, 0.15) is 17.4 Å². The zero-order chi connectivity index (χ0) is 19.3. The van der Waals surface area contributed by atoms with Crippen molar-refractivity contribution in [1.82, 2.24) is 0 Å². The van der Waals surface area contributed by atoms with Crippen LogP contribution in [0.3, 0.4) is 0 Å². The molecule has 0 aliphatic heterocycles. The average molecular weight is 383 g/mol. The molecule has 0 spiro atoms. The number of nitrogens with one attached hydrogen (secondary N) is 1. The van der Waals surface area contributed by atoms with Crippen LogP contribution >= 0.6 is 0 Å². The molecule has 2 aromatic rings.